The third-order valence-corrected chi connectivity index (χ3v) is 5.63. The van der Waals surface area contributed by atoms with E-state index >= 15 is 0 Å². The lowest BCUT2D eigenvalue weighted by atomic mass is 9.94. The van der Waals surface area contributed by atoms with Crippen LogP contribution in [0.15, 0.2) is 33.8 Å². The van der Waals surface area contributed by atoms with Gasteiger partial charge in [0.1, 0.15) is 10.7 Å². The number of urea groups is 1. The number of hydrogen-bond acceptors (Lipinski definition) is 5. The van der Waals surface area contributed by atoms with E-state index in [-0.39, 0.29) is 16.8 Å². The zero-order chi connectivity index (χ0) is 18.2. The van der Waals surface area contributed by atoms with Gasteiger partial charge in [0.15, 0.2) is 15.6 Å². The molecule has 0 spiro atoms. The molecule has 1 aromatic heterocycles. The van der Waals surface area contributed by atoms with Gasteiger partial charge in [0.2, 0.25) is 0 Å². The van der Waals surface area contributed by atoms with Gasteiger partial charge in [0.25, 0.3) is 0 Å². The fourth-order valence-electron chi connectivity index (χ4n) is 2.94. The number of rotatable bonds is 3. The van der Waals surface area contributed by atoms with Gasteiger partial charge in [-0.15, -0.1) is 0 Å². The number of furan rings is 1. The molecule has 2 aromatic rings. The zero-order valence-electron chi connectivity index (χ0n) is 13.4. The number of nitrogens with one attached hydrogen (secondary N) is 2. The van der Waals surface area contributed by atoms with Crippen molar-refractivity contribution in [2.75, 3.05) is 11.6 Å². The lowest BCUT2D eigenvalue weighted by Crippen LogP contribution is -2.34. The molecule has 3 rings (SSSR count). The smallest absolute Gasteiger partial charge is 0.319 e. The first-order valence-electron chi connectivity index (χ1n) is 7.62. The summed E-state index contributed by atoms with van der Waals surface area (Å²) in [6.07, 6.45) is 5.07. The van der Waals surface area contributed by atoms with Gasteiger partial charge in [-0.25, -0.2) is 13.2 Å². The molecule has 1 aromatic carbocycles. The molecule has 3 N–H and O–H groups in total. The molecule has 9 heteroatoms. The quantitative estimate of drug-likeness (QED) is 0.704. The number of amides is 2. The topological polar surface area (TPSA) is 109 Å². The van der Waals surface area contributed by atoms with Crippen LogP contribution in [-0.4, -0.2) is 25.8 Å². The van der Waals surface area contributed by atoms with E-state index in [0.717, 1.165) is 36.8 Å². The second-order valence-electron chi connectivity index (χ2n) is 5.90. The minimum Gasteiger partial charge on any atom is -0.504 e. The Morgan fingerprint density at radius 2 is 2.12 bits per heavy atom. The van der Waals surface area contributed by atoms with Gasteiger partial charge in [-0.3, -0.25) is 0 Å². The van der Waals surface area contributed by atoms with E-state index in [1.54, 1.807) is 6.26 Å². The number of halogens is 1. The molecule has 0 unspecified atom stereocenters. The van der Waals surface area contributed by atoms with E-state index < -0.39 is 26.5 Å². The average Bonchev–Trinajstić information content (AvgIpc) is 2.98. The summed E-state index contributed by atoms with van der Waals surface area (Å²) in [5.41, 5.74) is 1.02. The maximum Gasteiger partial charge on any atom is 0.319 e. The van der Waals surface area contributed by atoms with Gasteiger partial charge in [-0.1, -0.05) is 11.6 Å². The first kappa shape index (κ1) is 17.6. The third kappa shape index (κ3) is 3.59. The largest absolute Gasteiger partial charge is 0.504 e. The Morgan fingerprint density at radius 1 is 1.36 bits per heavy atom. The summed E-state index contributed by atoms with van der Waals surface area (Å²) in [5.74, 6) is 0.131. The van der Waals surface area contributed by atoms with E-state index in [2.05, 4.69) is 10.6 Å². The van der Waals surface area contributed by atoms with Crippen LogP contribution in [0, 0.1) is 0 Å². The maximum absolute atomic E-state index is 12.3. The summed E-state index contributed by atoms with van der Waals surface area (Å²) in [7, 11) is -3.75. The van der Waals surface area contributed by atoms with Crippen LogP contribution >= 0.6 is 11.6 Å². The second-order valence-corrected chi connectivity index (χ2v) is 8.26. The van der Waals surface area contributed by atoms with Gasteiger partial charge in [-0.05, 0) is 43.0 Å². The van der Waals surface area contributed by atoms with E-state index in [9.17, 15) is 18.3 Å². The molecule has 0 saturated heterocycles. The van der Waals surface area contributed by atoms with Crippen molar-refractivity contribution in [1.82, 2.24) is 5.32 Å². The lowest BCUT2D eigenvalue weighted by Gasteiger charge is -2.22. The molecule has 134 valence electrons. The molecule has 25 heavy (non-hydrogen) atoms. The fraction of sp³-hybridized carbons (Fsp3) is 0.312. The predicted molar refractivity (Wildman–Crippen MR) is 92.8 cm³/mol. The molecule has 1 atom stereocenters. The van der Waals surface area contributed by atoms with Gasteiger partial charge >= 0.3 is 6.03 Å². The molecular weight excluding hydrogens is 368 g/mol. The number of phenols is 1. The molecule has 2 amide bonds. The van der Waals surface area contributed by atoms with Crippen LogP contribution in [-0.2, 0) is 16.3 Å². The third-order valence-electron chi connectivity index (χ3n) is 4.04. The molecule has 1 heterocycles. The van der Waals surface area contributed by atoms with Crippen molar-refractivity contribution >= 4 is 33.2 Å². The minimum absolute atomic E-state index is 0.0437. The van der Waals surface area contributed by atoms with Crippen LogP contribution < -0.4 is 10.6 Å². The maximum atomic E-state index is 12.3. The van der Waals surface area contributed by atoms with Gasteiger partial charge in [0, 0.05) is 6.26 Å². The number of aromatic hydroxyl groups is 1. The SMILES string of the molecule is CS(=O)(=O)c1c(Cl)ccc(NC(=O)N[C@H]2CCCc3ccoc32)c1O. The normalized spacial score (nSPS) is 17.0. The number of benzene rings is 1. The highest BCUT2D eigenvalue weighted by atomic mass is 35.5. The summed E-state index contributed by atoms with van der Waals surface area (Å²) in [5, 5.41) is 15.3. The lowest BCUT2D eigenvalue weighted by molar-refractivity contribution is 0.244. The highest BCUT2D eigenvalue weighted by Gasteiger charge is 2.26. The highest BCUT2D eigenvalue weighted by Crippen LogP contribution is 2.37. The van der Waals surface area contributed by atoms with Crippen molar-refractivity contribution in [3.05, 3.63) is 40.8 Å². The zero-order valence-corrected chi connectivity index (χ0v) is 14.9. The molecule has 7 nitrogen and oxygen atoms in total. The van der Waals surface area contributed by atoms with Crippen LogP contribution in [0.3, 0.4) is 0 Å². The van der Waals surface area contributed by atoms with Crippen LogP contribution in [0.1, 0.15) is 30.2 Å². The van der Waals surface area contributed by atoms with Crippen LogP contribution in [0.5, 0.6) is 5.75 Å². The number of sulfone groups is 1. The van der Waals surface area contributed by atoms with Crippen LogP contribution in [0.4, 0.5) is 10.5 Å². The van der Waals surface area contributed by atoms with Gasteiger partial charge < -0.3 is 20.2 Å². The average molecular weight is 385 g/mol. The van der Waals surface area contributed by atoms with Crippen molar-refractivity contribution < 1.29 is 22.7 Å². The first-order chi connectivity index (χ1) is 11.8. The Balaban J connectivity index is 1.79. The van der Waals surface area contributed by atoms with E-state index in [0.29, 0.717) is 0 Å². The number of hydrogen-bond donors (Lipinski definition) is 3. The van der Waals surface area contributed by atoms with Crippen LogP contribution in [0.2, 0.25) is 5.02 Å². The summed E-state index contributed by atoms with van der Waals surface area (Å²) in [6.45, 7) is 0. The molecule has 0 fully saturated rings. The summed E-state index contributed by atoms with van der Waals surface area (Å²) < 4.78 is 28.9. The Bertz CT molecular complexity index is 923. The van der Waals surface area contributed by atoms with E-state index in [1.807, 2.05) is 6.07 Å². The number of fused-ring (bicyclic) bond motifs is 1. The fourth-order valence-corrected chi connectivity index (χ4v) is 4.40. The second kappa shape index (κ2) is 6.61. The Hall–Kier alpha value is -2.19. The number of phenolic OH excluding ortho intramolecular Hbond substituents is 1. The minimum atomic E-state index is -3.75. The molecule has 0 bridgehead atoms. The standard InChI is InChI=1S/C16H17ClN2O5S/c1-25(22,23)15-10(17)5-6-11(13(15)20)18-16(21)19-12-4-2-3-9-7-8-24-14(9)12/h5-8,12,20H,2-4H2,1H3,(H2,18,19,21)/t12-/m0/s1. The summed E-state index contributed by atoms with van der Waals surface area (Å²) >= 11 is 5.84. The molecular formula is C16H17ClN2O5S. The number of carbonyl (C=O) groups is 1. The van der Waals surface area contributed by atoms with Gasteiger partial charge in [0.05, 0.1) is 23.0 Å². The van der Waals surface area contributed by atoms with Crippen LogP contribution in [0.25, 0.3) is 0 Å². The molecule has 0 radical (unpaired) electrons. The predicted octanol–water partition coefficient (Wildman–Crippen LogP) is 3.24. The van der Waals surface area contributed by atoms with Crippen molar-refractivity contribution in [2.45, 2.75) is 30.2 Å². The molecule has 1 aliphatic rings. The number of carbonyl (C=O) groups excluding carboxylic acids is 1. The monoisotopic (exact) mass is 384 g/mol. The Morgan fingerprint density at radius 3 is 2.84 bits per heavy atom. The van der Waals surface area contributed by atoms with E-state index in [1.165, 1.54) is 12.1 Å². The highest BCUT2D eigenvalue weighted by molar-refractivity contribution is 7.91. The molecule has 0 saturated carbocycles. The summed E-state index contributed by atoms with van der Waals surface area (Å²) in [4.78, 5) is 11.8. The molecule has 1 aliphatic carbocycles. The Labute approximate surface area is 149 Å². The van der Waals surface area contributed by atoms with Crippen molar-refractivity contribution in [3.63, 3.8) is 0 Å². The Kier molecular flexibility index (Phi) is 4.66. The first-order valence-corrected chi connectivity index (χ1v) is 9.89. The number of aryl methyl sites for hydroxylation is 1. The van der Waals surface area contributed by atoms with Gasteiger partial charge in [-0.2, -0.15) is 0 Å². The van der Waals surface area contributed by atoms with Crippen molar-refractivity contribution in [1.29, 1.82) is 0 Å². The van der Waals surface area contributed by atoms with Crippen molar-refractivity contribution in [2.24, 2.45) is 0 Å². The van der Waals surface area contributed by atoms with Crippen molar-refractivity contribution in [3.8, 4) is 5.75 Å². The molecule has 0 aliphatic heterocycles. The van der Waals surface area contributed by atoms with E-state index in [4.69, 9.17) is 16.0 Å². The number of anilines is 1. The summed E-state index contributed by atoms with van der Waals surface area (Å²) in [6, 6.07) is 3.67.